The second kappa shape index (κ2) is 3.52. The van der Waals surface area contributed by atoms with Crippen LogP contribution in [0.3, 0.4) is 0 Å². The lowest BCUT2D eigenvalue weighted by Gasteiger charge is -2.20. The third-order valence-electron chi connectivity index (χ3n) is 2.07. The van der Waals surface area contributed by atoms with Crippen LogP contribution < -0.4 is 4.74 Å². The summed E-state index contributed by atoms with van der Waals surface area (Å²) in [7, 11) is 1.38. The maximum absolute atomic E-state index is 10.8. The normalized spacial score (nSPS) is 11.5. The maximum atomic E-state index is 10.8. The first-order valence-corrected chi connectivity index (χ1v) is 4.57. The van der Waals surface area contributed by atoms with Gasteiger partial charge < -0.3 is 4.74 Å². The molecule has 0 saturated heterocycles. The van der Waals surface area contributed by atoms with Crippen LogP contribution in [-0.2, 0) is 5.54 Å². The molecule has 1 aromatic heterocycles. The summed E-state index contributed by atoms with van der Waals surface area (Å²) >= 11 is 0. The third kappa shape index (κ3) is 1.93. The first-order chi connectivity index (χ1) is 6.79. The van der Waals surface area contributed by atoms with Crippen molar-refractivity contribution in [3.8, 4) is 5.88 Å². The van der Waals surface area contributed by atoms with Crippen molar-refractivity contribution in [1.29, 1.82) is 0 Å². The quantitative estimate of drug-likeness (QED) is 0.555. The molecule has 0 aliphatic carbocycles. The average Bonchev–Trinajstić information content (AvgIpc) is 2.41. The number of nitrogens with zero attached hydrogens (tertiary/aromatic N) is 3. The van der Waals surface area contributed by atoms with Crippen molar-refractivity contribution in [2.45, 2.75) is 33.2 Å². The molecule has 0 aliphatic rings. The Hall–Kier alpha value is -1.59. The zero-order chi connectivity index (χ0) is 11.8. The van der Waals surface area contributed by atoms with Gasteiger partial charge in [0.05, 0.1) is 17.6 Å². The molecular formula is C9H15N3O3. The predicted octanol–water partition coefficient (Wildman–Crippen LogP) is 1.86. The van der Waals surface area contributed by atoms with E-state index in [4.69, 9.17) is 4.74 Å². The predicted molar refractivity (Wildman–Crippen MR) is 55.2 cm³/mol. The Bertz CT molecular complexity index is 390. The average molecular weight is 213 g/mol. The molecule has 1 heterocycles. The Labute approximate surface area is 88.0 Å². The summed E-state index contributed by atoms with van der Waals surface area (Å²) in [5, 5.41) is 14.9. The lowest BCUT2D eigenvalue weighted by Crippen LogP contribution is -2.24. The molecule has 0 spiro atoms. The fraction of sp³-hybridized carbons (Fsp3) is 0.667. The minimum absolute atomic E-state index is 0.0624. The van der Waals surface area contributed by atoms with Crippen LogP contribution in [0.1, 0.15) is 26.5 Å². The topological polar surface area (TPSA) is 70.2 Å². The van der Waals surface area contributed by atoms with Crippen LogP contribution in [0, 0.1) is 17.0 Å². The van der Waals surface area contributed by atoms with Crippen molar-refractivity contribution in [2.75, 3.05) is 7.11 Å². The van der Waals surface area contributed by atoms with Gasteiger partial charge in [0, 0.05) is 0 Å². The lowest BCUT2D eigenvalue weighted by atomic mass is 10.1. The van der Waals surface area contributed by atoms with Gasteiger partial charge in [0.15, 0.2) is 0 Å². The molecule has 0 bridgehead atoms. The number of aromatic nitrogens is 2. The monoisotopic (exact) mass is 213 g/mol. The molecule has 1 aromatic rings. The van der Waals surface area contributed by atoms with Crippen LogP contribution in [0.5, 0.6) is 5.88 Å². The molecule has 0 N–H and O–H groups in total. The number of hydrogen-bond acceptors (Lipinski definition) is 4. The number of ether oxygens (including phenoxy) is 1. The molecule has 0 amide bonds. The van der Waals surface area contributed by atoms with Gasteiger partial charge in [-0.3, -0.25) is 14.8 Å². The van der Waals surface area contributed by atoms with Crippen molar-refractivity contribution in [1.82, 2.24) is 9.78 Å². The molecule has 0 saturated carbocycles. The van der Waals surface area contributed by atoms with Gasteiger partial charge in [-0.15, -0.1) is 5.10 Å². The van der Waals surface area contributed by atoms with Crippen LogP contribution >= 0.6 is 0 Å². The smallest absolute Gasteiger partial charge is 0.352 e. The van der Waals surface area contributed by atoms with Crippen molar-refractivity contribution in [3.05, 3.63) is 15.8 Å². The van der Waals surface area contributed by atoms with E-state index < -0.39 is 4.92 Å². The fourth-order valence-corrected chi connectivity index (χ4v) is 1.47. The SMILES string of the molecule is COc1nn(C(C)(C)C)c(C)c1[N+](=O)[O-]. The molecule has 1 rings (SSSR count). The minimum Gasteiger partial charge on any atom is -0.475 e. The van der Waals surface area contributed by atoms with Crippen molar-refractivity contribution < 1.29 is 9.66 Å². The van der Waals surface area contributed by atoms with Gasteiger partial charge >= 0.3 is 11.6 Å². The molecule has 6 nitrogen and oxygen atoms in total. The minimum atomic E-state index is -0.469. The van der Waals surface area contributed by atoms with Crippen molar-refractivity contribution in [3.63, 3.8) is 0 Å². The van der Waals surface area contributed by atoms with Gasteiger partial charge in [-0.1, -0.05) is 0 Å². The second-order valence-electron chi connectivity index (χ2n) is 4.28. The van der Waals surface area contributed by atoms with E-state index in [0.717, 1.165) is 0 Å². The largest absolute Gasteiger partial charge is 0.475 e. The molecule has 0 fully saturated rings. The molecule has 0 aromatic carbocycles. The van der Waals surface area contributed by atoms with Gasteiger partial charge in [0.2, 0.25) is 0 Å². The summed E-state index contributed by atoms with van der Waals surface area (Å²) < 4.78 is 6.49. The van der Waals surface area contributed by atoms with E-state index in [1.165, 1.54) is 7.11 Å². The Morgan fingerprint density at radius 3 is 2.27 bits per heavy atom. The molecule has 0 atom stereocenters. The summed E-state index contributed by atoms with van der Waals surface area (Å²) in [4.78, 5) is 10.3. The van der Waals surface area contributed by atoms with Gasteiger partial charge in [0.25, 0.3) is 0 Å². The number of hydrogen-bond donors (Lipinski definition) is 0. The summed E-state index contributed by atoms with van der Waals surface area (Å²) in [6.07, 6.45) is 0. The summed E-state index contributed by atoms with van der Waals surface area (Å²) in [5.41, 5.74) is 0.141. The highest BCUT2D eigenvalue weighted by atomic mass is 16.6. The van der Waals surface area contributed by atoms with Gasteiger partial charge in [-0.2, -0.15) is 0 Å². The summed E-state index contributed by atoms with van der Waals surface area (Å²) in [5.74, 6) is 0.0624. The van der Waals surface area contributed by atoms with Crippen LogP contribution in [0.4, 0.5) is 5.69 Å². The van der Waals surface area contributed by atoms with Gasteiger partial charge in [-0.05, 0) is 27.7 Å². The number of nitro groups is 1. The molecule has 0 aliphatic heterocycles. The van der Waals surface area contributed by atoms with Crippen LogP contribution in [-0.4, -0.2) is 21.8 Å². The van der Waals surface area contributed by atoms with Crippen molar-refractivity contribution in [2.24, 2.45) is 0 Å². The Balaban J connectivity index is 3.41. The van der Waals surface area contributed by atoms with Crippen molar-refractivity contribution >= 4 is 5.69 Å². The maximum Gasteiger partial charge on any atom is 0.352 e. The van der Waals surface area contributed by atoms with E-state index in [2.05, 4.69) is 5.10 Å². The van der Waals surface area contributed by atoms with E-state index in [1.54, 1.807) is 11.6 Å². The molecule has 0 radical (unpaired) electrons. The highest BCUT2D eigenvalue weighted by Crippen LogP contribution is 2.32. The van der Waals surface area contributed by atoms with Gasteiger partial charge in [-0.25, -0.2) is 0 Å². The number of rotatable bonds is 2. The van der Waals surface area contributed by atoms with E-state index >= 15 is 0 Å². The Morgan fingerprint density at radius 2 is 2.00 bits per heavy atom. The van der Waals surface area contributed by atoms with E-state index in [1.807, 2.05) is 20.8 Å². The number of methoxy groups -OCH3 is 1. The highest BCUT2D eigenvalue weighted by molar-refractivity contribution is 5.45. The highest BCUT2D eigenvalue weighted by Gasteiger charge is 2.30. The summed E-state index contributed by atoms with van der Waals surface area (Å²) in [6.45, 7) is 7.45. The summed E-state index contributed by atoms with van der Waals surface area (Å²) in [6, 6.07) is 0. The standard InChI is InChI=1S/C9H15N3O3/c1-6-7(12(13)14)8(15-5)10-11(6)9(2,3)4/h1-5H3. The van der Waals surface area contributed by atoms with Crippen LogP contribution in [0.2, 0.25) is 0 Å². The first kappa shape index (κ1) is 11.5. The molecule has 0 unspecified atom stereocenters. The zero-order valence-corrected chi connectivity index (χ0v) is 9.57. The molecule has 84 valence electrons. The van der Waals surface area contributed by atoms with E-state index in [9.17, 15) is 10.1 Å². The van der Waals surface area contributed by atoms with Crippen LogP contribution in [0.15, 0.2) is 0 Å². The van der Waals surface area contributed by atoms with Crippen LogP contribution in [0.25, 0.3) is 0 Å². The molecular weight excluding hydrogens is 198 g/mol. The molecule has 15 heavy (non-hydrogen) atoms. The van der Waals surface area contributed by atoms with E-state index in [0.29, 0.717) is 5.69 Å². The second-order valence-corrected chi connectivity index (χ2v) is 4.28. The first-order valence-electron chi connectivity index (χ1n) is 4.57. The zero-order valence-electron chi connectivity index (χ0n) is 9.57. The Morgan fingerprint density at radius 1 is 1.47 bits per heavy atom. The molecule has 6 heteroatoms. The fourth-order valence-electron chi connectivity index (χ4n) is 1.47. The van der Waals surface area contributed by atoms with E-state index in [-0.39, 0.29) is 17.1 Å². The Kier molecular flexibility index (Phi) is 2.70. The van der Waals surface area contributed by atoms with Gasteiger partial charge in [0.1, 0.15) is 5.69 Å². The lowest BCUT2D eigenvalue weighted by molar-refractivity contribution is -0.386. The third-order valence-corrected chi connectivity index (χ3v) is 2.07.